The number of aromatic nitrogens is 2. The Kier molecular flexibility index (Phi) is 2.52. The summed E-state index contributed by atoms with van der Waals surface area (Å²) in [7, 11) is 0. The highest BCUT2D eigenvalue weighted by molar-refractivity contribution is 4.98. The Hall–Kier alpha value is -0.940. The number of likely N-dealkylation sites (tertiary alicyclic amines) is 1. The summed E-state index contributed by atoms with van der Waals surface area (Å²) in [4.78, 5) is 6.41. The Balaban J connectivity index is 1.96. The Morgan fingerprint density at radius 3 is 2.60 bits per heavy atom. The van der Waals surface area contributed by atoms with Crippen molar-refractivity contribution in [2.24, 2.45) is 0 Å². The highest BCUT2D eigenvalue weighted by atomic mass is 16.5. The summed E-state index contributed by atoms with van der Waals surface area (Å²) >= 11 is 0. The van der Waals surface area contributed by atoms with Gasteiger partial charge in [0.2, 0.25) is 5.89 Å². The van der Waals surface area contributed by atoms with Crippen LogP contribution in [0, 0.1) is 0 Å². The van der Waals surface area contributed by atoms with Gasteiger partial charge in [0.1, 0.15) is 0 Å². The summed E-state index contributed by atoms with van der Waals surface area (Å²) in [6.45, 7) is 8.20. The monoisotopic (exact) mass is 211 g/mol. The van der Waals surface area contributed by atoms with Crippen LogP contribution >= 0.6 is 0 Å². The minimum absolute atomic E-state index is 0.0975. The molecule has 5 heteroatoms. The van der Waals surface area contributed by atoms with Crippen molar-refractivity contribution in [2.75, 3.05) is 13.1 Å². The Labute approximate surface area is 89.1 Å². The van der Waals surface area contributed by atoms with Crippen LogP contribution in [-0.4, -0.2) is 39.3 Å². The predicted octanol–water partition coefficient (Wildman–Crippen LogP) is 0.544. The molecule has 5 nitrogen and oxygen atoms in total. The zero-order valence-corrected chi connectivity index (χ0v) is 9.40. The molecule has 0 unspecified atom stereocenters. The minimum Gasteiger partial charge on any atom is -0.390 e. The van der Waals surface area contributed by atoms with Gasteiger partial charge in [-0.2, -0.15) is 4.98 Å². The Morgan fingerprint density at radius 1 is 1.47 bits per heavy atom. The van der Waals surface area contributed by atoms with Crippen LogP contribution in [0.25, 0.3) is 0 Å². The maximum absolute atomic E-state index is 9.12. The van der Waals surface area contributed by atoms with Gasteiger partial charge in [-0.05, 0) is 0 Å². The third-order valence-electron chi connectivity index (χ3n) is 2.41. The molecule has 0 saturated carbocycles. The molecule has 1 aromatic rings. The molecule has 0 amide bonds. The van der Waals surface area contributed by atoms with Crippen molar-refractivity contribution in [3.05, 3.63) is 11.7 Å². The van der Waals surface area contributed by atoms with Gasteiger partial charge in [-0.25, -0.2) is 0 Å². The van der Waals surface area contributed by atoms with Gasteiger partial charge in [0.05, 0.1) is 12.6 Å². The average Bonchev–Trinajstić information content (AvgIpc) is 2.49. The molecule has 2 heterocycles. The quantitative estimate of drug-likeness (QED) is 0.773. The molecule has 84 valence electrons. The summed E-state index contributed by atoms with van der Waals surface area (Å²) < 4.78 is 5.18. The summed E-state index contributed by atoms with van der Waals surface area (Å²) in [6.07, 6.45) is -0.181. The van der Waals surface area contributed by atoms with E-state index in [-0.39, 0.29) is 11.5 Å². The standard InChI is InChI=1S/C10H17N3O2/c1-10(2,3)9-11-8(12-15-9)6-13-4-7(14)5-13/h7,14H,4-6H2,1-3H3. The molecule has 1 aromatic heterocycles. The van der Waals surface area contributed by atoms with E-state index >= 15 is 0 Å². The van der Waals surface area contributed by atoms with Crippen LogP contribution in [-0.2, 0) is 12.0 Å². The van der Waals surface area contributed by atoms with E-state index in [9.17, 15) is 0 Å². The van der Waals surface area contributed by atoms with Gasteiger partial charge in [-0.15, -0.1) is 0 Å². The van der Waals surface area contributed by atoms with Crippen molar-refractivity contribution in [3.8, 4) is 0 Å². The van der Waals surface area contributed by atoms with Crippen LogP contribution in [0.15, 0.2) is 4.52 Å². The average molecular weight is 211 g/mol. The molecule has 0 atom stereocenters. The Morgan fingerprint density at radius 2 is 2.13 bits per heavy atom. The molecule has 1 saturated heterocycles. The highest BCUT2D eigenvalue weighted by Gasteiger charge is 2.27. The molecule has 0 spiro atoms. The maximum atomic E-state index is 9.12. The first kappa shape index (κ1) is 10.6. The molecule has 0 radical (unpaired) electrons. The van der Waals surface area contributed by atoms with Crippen LogP contribution in [0.2, 0.25) is 0 Å². The molecule has 1 N–H and O–H groups in total. The zero-order valence-electron chi connectivity index (χ0n) is 9.40. The van der Waals surface area contributed by atoms with Gasteiger partial charge >= 0.3 is 0 Å². The lowest BCUT2D eigenvalue weighted by Gasteiger charge is -2.34. The summed E-state index contributed by atoms with van der Waals surface area (Å²) in [5.74, 6) is 1.37. The molecule has 0 aliphatic carbocycles. The predicted molar refractivity (Wildman–Crippen MR) is 54.3 cm³/mol. The minimum atomic E-state index is -0.181. The lowest BCUT2D eigenvalue weighted by Crippen LogP contribution is -2.50. The number of rotatable bonds is 2. The second kappa shape index (κ2) is 3.57. The van der Waals surface area contributed by atoms with Crippen LogP contribution in [0.4, 0.5) is 0 Å². The number of β-amino-alcohol motifs (C(OH)–C–C–N with tert-alkyl or cyclic N) is 1. The lowest BCUT2D eigenvalue weighted by atomic mass is 9.97. The van der Waals surface area contributed by atoms with Crippen LogP contribution < -0.4 is 0 Å². The molecule has 1 aliphatic rings. The van der Waals surface area contributed by atoms with Crippen molar-refractivity contribution in [2.45, 2.75) is 38.8 Å². The van der Waals surface area contributed by atoms with Gasteiger partial charge in [-0.3, -0.25) is 4.90 Å². The van der Waals surface area contributed by atoms with E-state index in [1.54, 1.807) is 0 Å². The molecule has 2 rings (SSSR count). The first-order valence-electron chi connectivity index (χ1n) is 5.18. The van der Waals surface area contributed by atoms with Crippen molar-refractivity contribution < 1.29 is 9.63 Å². The van der Waals surface area contributed by atoms with E-state index in [2.05, 4.69) is 15.0 Å². The van der Waals surface area contributed by atoms with Crippen molar-refractivity contribution in [1.29, 1.82) is 0 Å². The molecule has 15 heavy (non-hydrogen) atoms. The van der Waals surface area contributed by atoms with Crippen LogP contribution in [0.5, 0.6) is 0 Å². The first-order valence-corrected chi connectivity index (χ1v) is 5.18. The molecule has 0 aromatic carbocycles. The second-order valence-electron chi connectivity index (χ2n) is 5.11. The van der Waals surface area contributed by atoms with Crippen molar-refractivity contribution in [3.63, 3.8) is 0 Å². The molecule has 1 aliphatic heterocycles. The fourth-order valence-corrected chi connectivity index (χ4v) is 1.49. The number of nitrogens with zero attached hydrogens (tertiary/aromatic N) is 3. The molecule has 0 bridgehead atoms. The topological polar surface area (TPSA) is 62.4 Å². The van der Waals surface area contributed by atoms with E-state index in [4.69, 9.17) is 9.63 Å². The summed E-state index contributed by atoms with van der Waals surface area (Å²) in [5.41, 5.74) is -0.0975. The summed E-state index contributed by atoms with van der Waals surface area (Å²) in [5, 5.41) is 13.0. The molecule has 1 fully saturated rings. The SMILES string of the molecule is CC(C)(C)c1nc(CN2CC(O)C2)no1. The highest BCUT2D eigenvalue weighted by Crippen LogP contribution is 2.20. The maximum Gasteiger partial charge on any atom is 0.232 e. The van der Waals surface area contributed by atoms with E-state index < -0.39 is 0 Å². The first-order chi connectivity index (χ1) is 6.95. The largest absolute Gasteiger partial charge is 0.390 e. The fourth-order valence-electron chi connectivity index (χ4n) is 1.49. The van der Waals surface area contributed by atoms with Gasteiger partial charge in [0.15, 0.2) is 5.82 Å². The van der Waals surface area contributed by atoms with E-state index in [1.807, 2.05) is 20.8 Å². The van der Waals surface area contributed by atoms with Crippen molar-refractivity contribution in [1.82, 2.24) is 15.0 Å². The van der Waals surface area contributed by atoms with Gasteiger partial charge < -0.3 is 9.63 Å². The molecular weight excluding hydrogens is 194 g/mol. The van der Waals surface area contributed by atoms with Crippen molar-refractivity contribution >= 4 is 0 Å². The third kappa shape index (κ3) is 2.35. The van der Waals surface area contributed by atoms with E-state index in [0.29, 0.717) is 31.3 Å². The number of hydrogen-bond donors (Lipinski definition) is 1. The number of aliphatic hydroxyl groups is 1. The summed E-state index contributed by atoms with van der Waals surface area (Å²) in [6, 6.07) is 0. The van der Waals surface area contributed by atoms with E-state index in [0.717, 1.165) is 0 Å². The number of hydrogen-bond acceptors (Lipinski definition) is 5. The fraction of sp³-hybridized carbons (Fsp3) is 0.800. The second-order valence-corrected chi connectivity index (χ2v) is 5.11. The third-order valence-corrected chi connectivity index (χ3v) is 2.41. The van der Waals surface area contributed by atoms with E-state index in [1.165, 1.54) is 0 Å². The zero-order chi connectivity index (χ0) is 11.1. The number of aliphatic hydroxyl groups excluding tert-OH is 1. The smallest absolute Gasteiger partial charge is 0.232 e. The van der Waals surface area contributed by atoms with Gasteiger partial charge in [0.25, 0.3) is 0 Å². The van der Waals surface area contributed by atoms with Gasteiger partial charge in [0, 0.05) is 18.5 Å². The normalized spacial score (nSPS) is 19.2. The lowest BCUT2D eigenvalue weighted by molar-refractivity contribution is -0.00461. The molecular formula is C10H17N3O2. The van der Waals surface area contributed by atoms with Gasteiger partial charge in [-0.1, -0.05) is 25.9 Å². The van der Waals surface area contributed by atoms with Crippen LogP contribution in [0.3, 0.4) is 0 Å². The Bertz CT molecular complexity index is 337. The van der Waals surface area contributed by atoms with Crippen LogP contribution in [0.1, 0.15) is 32.5 Å².